The molecule has 2 heterocycles. The molecule has 1 aliphatic heterocycles. The van der Waals surface area contributed by atoms with Crippen molar-refractivity contribution >= 4 is 49.4 Å². The van der Waals surface area contributed by atoms with Gasteiger partial charge < -0.3 is 4.90 Å². The fourth-order valence-electron chi connectivity index (χ4n) is 10.3. The standard InChI is InChI=1S/C57H42N4/c1-56(2)47-28-15-16-29-51(47)61(38-23-17-22-37(30-38)55-59-53(35-18-7-5-8-19-35)58-54(60-55)36-20-9-6-10-21-36)52-34-49-46(33-50(52)56)45-31-43-41-26-13-11-24-39(41)40-25-12-14-27-42(40)44(43)32-48(45)57(49,3)4/h5-34H,1-4H3. The number of aromatic nitrogens is 3. The van der Waals surface area contributed by atoms with Crippen LogP contribution in [0.4, 0.5) is 17.1 Å². The van der Waals surface area contributed by atoms with Gasteiger partial charge in [0.2, 0.25) is 0 Å². The summed E-state index contributed by atoms with van der Waals surface area (Å²) in [6, 6.07) is 65.8. The van der Waals surface area contributed by atoms with Crippen LogP contribution in [0.3, 0.4) is 0 Å². The molecule has 0 saturated heterocycles. The molecule has 9 aromatic carbocycles. The van der Waals surface area contributed by atoms with Gasteiger partial charge in [0.05, 0.1) is 11.4 Å². The first-order valence-electron chi connectivity index (χ1n) is 21.2. The predicted octanol–water partition coefficient (Wildman–Crippen LogP) is 14.7. The van der Waals surface area contributed by atoms with Crippen molar-refractivity contribution < 1.29 is 0 Å². The second-order valence-corrected chi connectivity index (χ2v) is 17.6. The molecule has 2 aliphatic rings. The normalized spacial score (nSPS) is 14.5. The SMILES string of the molecule is CC1(C)c2cc3c(cc2-c2cc4c5ccccc5c5ccccc5c4cc21)C(C)(C)c1ccccc1N3c1cccc(-c2nc(-c3ccccc3)nc(-c3ccccc3)n2)c1. The van der Waals surface area contributed by atoms with Crippen LogP contribution in [0.15, 0.2) is 182 Å². The number of nitrogens with zero attached hydrogens (tertiary/aromatic N) is 4. The molecule has 12 rings (SSSR count). The van der Waals surface area contributed by atoms with Crippen molar-refractivity contribution in [2.24, 2.45) is 0 Å². The van der Waals surface area contributed by atoms with Gasteiger partial charge in [-0.15, -0.1) is 0 Å². The van der Waals surface area contributed by atoms with Gasteiger partial charge in [-0.05, 0) is 108 Å². The highest BCUT2D eigenvalue weighted by Gasteiger charge is 2.42. The van der Waals surface area contributed by atoms with Crippen molar-refractivity contribution in [2.45, 2.75) is 38.5 Å². The fourth-order valence-corrected chi connectivity index (χ4v) is 10.3. The monoisotopic (exact) mass is 782 g/mol. The quantitative estimate of drug-likeness (QED) is 0.167. The first kappa shape index (κ1) is 35.5. The van der Waals surface area contributed by atoms with Crippen molar-refractivity contribution in [3.05, 3.63) is 204 Å². The fraction of sp³-hybridized carbons (Fsp3) is 0.105. The summed E-state index contributed by atoms with van der Waals surface area (Å²) in [4.78, 5) is 17.6. The third kappa shape index (κ3) is 5.28. The number of hydrogen-bond donors (Lipinski definition) is 0. The van der Waals surface area contributed by atoms with Crippen molar-refractivity contribution in [3.8, 4) is 45.3 Å². The summed E-state index contributed by atoms with van der Waals surface area (Å²) in [6.45, 7) is 9.57. The molecule has 290 valence electrons. The third-order valence-corrected chi connectivity index (χ3v) is 13.4. The molecule has 4 nitrogen and oxygen atoms in total. The Hall–Kier alpha value is -7.43. The Bertz CT molecular complexity index is 3360. The summed E-state index contributed by atoms with van der Waals surface area (Å²) in [5, 5.41) is 7.83. The zero-order chi connectivity index (χ0) is 41.0. The van der Waals surface area contributed by atoms with Gasteiger partial charge in [0.25, 0.3) is 0 Å². The van der Waals surface area contributed by atoms with E-state index >= 15 is 0 Å². The molecule has 0 saturated carbocycles. The van der Waals surface area contributed by atoms with E-state index in [4.69, 9.17) is 15.0 Å². The lowest BCUT2D eigenvalue weighted by Crippen LogP contribution is -2.31. The largest absolute Gasteiger partial charge is 0.310 e. The van der Waals surface area contributed by atoms with E-state index in [9.17, 15) is 0 Å². The van der Waals surface area contributed by atoms with Crippen LogP contribution in [0.5, 0.6) is 0 Å². The van der Waals surface area contributed by atoms with Crippen LogP contribution in [0.1, 0.15) is 49.9 Å². The molecule has 0 fully saturated rings. The number of anilines is 3. The Balaban J connectivity index is 1.06. The van der Waals surface area contributed by atoms with Crippen LogP contribution in [0.2, 0.25) is 0 Å². The van der Waals surface area contributed by atoms with Gasteiger partial charge in [-0.3, -0.25) is 0 Å². The molecule has 0 bridgehead atoms. The highest BCUT2D eigenvalue weighted by Crippen LogP contribution is 2.58. The van der Waals surface area contributed by atoms with Crippen molar-refractivity contribution in [1.82, 2.24) is 15.0 Å². The molecule has 1 aliphatic carbocycles. The lowest BCUT2D eigenvalue weighted by atomic mass is 9.72. The Morgan fingerprint density at radius 1 is 0.328 bits per heavy atom. The minimum absolute atomic E-state index is 0.234. The molecule has 0 N–H and O–H groups in total. The van der Waals surface area contributed by atoms with Crippen LogP contribution >= 0.6 is 0 Å². The topological polar surface area (TPSA) is 41.9 Å². The maximum Gasteiger partial charge on any atom is 0.164 e. The summed E-state index contributed by atoms with van der Waals surface area (Å²) < 4.78 is 0. The summed E-state index contributed by atoms with van der Waals surface area (Å²) in [6.07, 6.45) is 0. The molecule has 0 atom stereocenters. The van der Waals surface area contributed by atoms with E-state index in [0.29, 0.717) is 17.5 Å². The minimum atomic E-state index is -0.259. The minimum Gasteiger partial charge on any atom is -0.310 e. The number of para-hydroxylation sites is 1. The second kappa shape index (κ2) is 13.0. The molecule has 0 radical (unpaired) electrons. The molecule has 0 unspecified atom stereocenters. The van der Waals surface area contributed by atoms with E-state index in [1.54, 1.807) is 0 Å². The van der Waals surface area contributed by atoms with Gasteiger partial charge in [0.15, 0.2) is 17.5 Å². The van der Waals surface area contributed by atoms with Gasteiger partial charge in [-0.1, -0.05) is 167 Å². The summed E-state index contributed by atoms with van der Waals surface area (Å²) >= 11 is 0. The van der Waals surface area contributed by atoms with Gasteiger partial charge in [-0.25, -0.2) is 15.0 Å². The Morgan fingerprint density at radius 3 is 1.41 bits per heavy atom. The van der Waals surface area contributed by atoms with E-state index in [2.05, 4.69) is 178 Å². The summed E-state index contributed by atoms with van der Waals surface area (Å²) in [7, 11) is 0. The van der Waals surface area contributed by atoms with Crippen LogP contribution in [0, 0.1) is 0 Å². The van der Waals surface area contributed by atoms with Gasteiger partial charge in [0, 0.05) is 33.2 Å². The first-order chi connectivity index (χ1) is 29.8. The van der Waals surface area contributed by atoms with Crippen LogP contribution < -0.4 is 4.90 Å². The van der Waals surface area contributed by atoms with E-state index in [1.165, 1.54) is 77.1 Å². The van der Waals surface area contributed by atoms with Gasteiger partial charge in [0.1, 0.15) is 0 Å². The van der Waals surface area contributed by atoms with E-state index in [1.807, 2.05) is 36.4 Å². The molecule has 0 spiro atoms. The highest BCUT2D eigenvalue weighted by atomic mass is 15.2. The third-order valence-electron chi connectivity index (χ3n) is 13.4. The smallest absolute Gasteiger partial charge is 0.164 e. The number of hydrogen-bond acceptors (Lipinski definition) is 4. The lowest BCUT2D eigenvalue weighted by molar-refractivity contribution is 0.627. The van der Waals surface area contributed by atoms with Gasteiger partial charge >= 0.3 is 0 Å². The summed E-state index contributed by atoms with van der Waals surface area (Å²) in [5.41, 5.74) is 13.7. The average molecular weight is 783 g/mol. The summed E-state index contributed by atoms with van der Waals surface area (Å²) in [5.74, 6) is 1.94. The molecule has 61 heavy (non-hydrogen) atoms. The van der Waals surface area contributed by atoms with Crippen molar-refractivity contribution in [2.75, 3.05) is 4.90 Å². The van der Waals surface area contributed by atoms with E-state index in [0.717, 1.165) is 22.4 Å². The van der Waals surface area contributed by atoms with Crippen molar-refractivity contribution in [1.29, 1.82) is 0 Å². The number of benzene rings is 9. The molecule has 0 amide bonds. The Labute approximate surface area is 355 Å². The zero-order valence-corrected chi connectivity index (χ0v) is 34.6. The Morgan fingerprint density at radius 2 is 0.787 bits per heavy atom. The lowest BCUT2D eigenvalue weighted by Gasteiger charge is -2.43. The Kier molecular flexibility index (Phi) is 7.59. The number of rotatable bonds is 4. The first-order valence-corrected chi connectivity index (χ1v) is 21.2. The molecule has 10 aromatic rings. The molecular formula is C57H42N4. The maximum atomic E-state index is 5.11. The van der Waals surface area contributed by atoms with Crippen molar-refractivity contribution in [3.63, 3.8) is 0 Å². The van der Waals surface area contributed by atoms with E-state index < -0.39 is 0 Å². The molecular weight excluding hydrogens is 741 g/mol. The highest BCUT2D eigenvalue weighted by molar-refractivity contribution is 6.26. The molecule has 4 heteroatoms. The average Bonchev–Trinajstić information content (AvgIpc) is 3.52. The number of fused-ring (bicyclic) bond motifs is 11. The molecule has 1 aromatic heterocycles. The van der Waals surface area contributed by atoms with Gasteiger partial charge in [-0.2, -0.15) is 0 Å². The van der Waals surface area contributed by atoms with Crippen LogP contribution in [0.25, 0.3) is 77.6 Å². The maximum absolute atomic E-state index is 5.11. The van der Waals surface area contributed by atoms with Crippen LogP contribution in [-0.4, -0.2) is 15.0 Å². The predicted molar refractivity (Wildman–Crippen MR) is 253 cm³/mol. The van der Waals surface area contributed by atoms with Crippen LogP contribution in [-0.2, 0) is 10.8 Å². The second-order valence-electron chi connectivity index (χ2n) is 17.6. The zero-order valence-electron chi connectivity index (χ0n) is 34.6. The van der Waals surface area contributed by atoms with E-state index in [-0.39, 0.29) is 10.8 Å².